The van der Waals surface area contributed by atoms with Crippen LogP contribution in [0, 0.1) is 6.92 Å². The molecule has 144 valence electrons. The van der Waals surface area contributed by atoms with Crippen LogP contribution in [0.5, 0.6) is 5.75 Å². The van der Waals surface area contributed by atoms with Crippen molar-refractivity contribution < 1.29 is 13.9 Å². The van der Waals surface area contributed by atoms with Gasteiger partial charge in [-0.1, -0.05) is 43.7 Å². The molecule has 1 aromatic heterocycles. The Kier molecular flexibility index (Phi) is 6.22. The number of aryl methyl sites for hydroxylation is 1. The third-order valence-electron chi connectivity index (χ3n) is 4.20. The zero-order valence-corrected chi connectivity index (χ0v) is 15.9. The molecule has 0 unspecified atom stereocenters. The molecule has 28 heavy (non-hydrogen) atoms. The number of rotatable bonds is 7. The fourth-order valence-electron chi connectivity index (χ4n) is 2.84. The van der Waals surface area contributed by atoms with Crippen LogP contribution < -0.4 is 15.8 Å². The lowest BCUT2D eigenvalue weighted by Crippen LogP contribution is -2.26. The highest BCUT2D eigenvalue weighted by molar-refractivity contribution is 6.01. The normalized spacial score (nSPS) is 11.4. The van der Waals surface area contributed by atoms with Crippen LogP contribution in [-0.4, -0.2) is 18.2 Å². The van der Waals surface area contributed by atoms with Crippen molar-refractivity contribution in [2.75, 3.05) is 6.61 Å². The Morgan fingerprint density at radius 1 is 1.14 bits per heavy atom. The zero-order valence-electron chi connectivity index (χ0n) is 15.9. The quantitative estimate of drug-likeness (QED) is 0.385. The molecular weight excluding hydrogens is 356 g/mol. The maximum atomic E-state index is 12.1. The Bertz CT molecular complexity index is 1060. The molecule has 0 atom stereocenters. The minimum Gasteiger partial charge on any atom is -0.484 e. The fourth-order valence-corrected chi connectivity index (χ4v) is 2.84. The smallest absolute Gasteiger partial charge is 0.336 e. The van der Waals surface area contributed by atoms with Gasteiger partial charge in [-0.2, -0.15) is 5.10 Å². The van der Waals surface area contributed by atoms with Crippen molar-refractivity contribution >= 4 is 22.6 Å². The van der Waals surface area contributed by atoms with Crippen molar-refractivity contribution in [3.05, 3.63) is 76.1 Å². The Labute approximate surface area is 162 Å². The first kappa shape index (κ1) is 19.4. The van der Waals surface area contributed by atoms with Gasteiger partial charge in [0.05, 0.1) is 5.71 Å². The molecule has 0 bridgehead atoms. The molecule has 1 N–H and O–H groups in total. The Hall–Kier alpha value is -3.41. The van der Waals surface area contributed by atoms with Crippen molar-refractivity contribution in [1.29, 1.82) is 0 Å². The van der Waals surface area contributed by atoms with Gasteiger partial charge in [0.1, 0.15) is 11.3 Å². The third kappa shape index (κ3) is 4.85. The predicted octanol–water partition coefficient (Wildman–Crippen LogP) is 3.80. The molecule has 1 heterocycles. The van der Waals surface area contributed by atoms with E-state index in [9.17, 15) is 9.59 Å². The lowest BCUT2D eigenvalue weighted by molar-refractivity contribution is -0.123. The van der Waals surface area contributed by atoms with Crippen LogP contribution in [0.1, 0.15) is 30.9 Å². The molecule has 0 saturated carbocycles. The number of nitrogens with zero attached hydrogens (tertiary/aromatic N) is 1. The number of ether oxygens (including phenoxy) is 1. The summed E-state index contributed by atoms with van der Waals surface area (Å²) in [6.07, 6.45) is 1.68. The Morgan fingerprint density at radius 2 is 1.93 bits per heavy atom. The lowest BCUT2D eigenvalue weighted by atomic mass is 10.1. The van der Waals surface area contributed by atoms with Gasteiger partial charge in [-0.15, -0.1) is 0 Å². The minimum atomic E-state index is -0.418. The van der Waals surface area contributed by atoms with Gasteiger partial charge in [0.25, 0.3) is 5.91 Å². The number of amides is 1. The summed E-state index contributed by atoms with van der Waals surface area (Å²) in [5.74, 6) is 0.0764. The van der Waals surface area contributed by atoms with E-state index in [0.717, 1.165) is 35.1 Å². The van der Waals surface area contributed by atoms with E-state index in [1.165, 1.54) is 6.07 Å². The van der Waals surface area contributed by atoms with Gasteiger partial charge in [-0.25, -0.2) is 10.2 Å². The molecule has 0 fully saturated rings. The van der Waals surface area contributed by atoms with Crippen LogP contribution >= 0.6 is 0 Å². The van der Waals surface area contributed by atoms with Crippen molar-refractivity contribution in [1.82, 2.24) is 5.43 Å². The number of carbonyl (C=O) groups excluding carboxylic acids is 1. The molecule has 0 aliphatic heterocycles. The summed E-state index contributed by atoms with van der Waals surface area (Å²) in [6, 6.07) is 16.3. The van der Waals surface area contributed by atoms with Gasteiger partial charge in [0.15, 0.2) is 6.61 Å². The topological polar surface area (TPSA) is 80.9 Å². The highest BCUT2D eigenvalue weighted by Gasteiger charge is 2.08. The summed E-state index contributed by atoms with van der Waals surface area (Å²) in [5.41, 5.74) is 5.17. The predicted molar refractivity (Wildman–Crippen MR) is 109 cm³/mol. The van der Waals surface area contributed by atoms with E-state index in [1.54, 1.807) is 18.2 Å². The number of carbonyl (C=O) groups is 1. The average molecular weight is 378 g/mol. The van der Waals surface area contributed by atoms with Crippen molar-refractivity contribution in [2.45, 2.75) is 26.7 Å². The first-order valence-electron chi connectivity index (χ1n) is 9.15. The lowest BCUT2D eigenvalue weighted by Gasteiger charge is -2.08. The SMILES string of the molecule is CCC/C(=N/NC(=O)COc1ccc2c(C)cc(=O)oc2c1)c1ccccc1. The molecule has 6 nitrogen and oxygen atoms in total. The summed E-state index contributed by atoms with van der Waals surface area (Å²) < 4.78 is 10.7. The number of hydrogen-bond donors (Lipinski definition) is 1. The molecule has 0 aliphatic carbocycles. The van der Waals surface area contributed by atoms with Crippen LogP contribution in [0.25, 0.3) is 11.0 Å². The van der Waals surface area contributed by atoms with Gasteiger partial charge in [-0.05, 0) is 36.6 Å². The van der Waals surface area contributed by atoms with E-state index in [1.807, 2.05) is 37.3 Å². The molecule has 0 radical (unpaired) electrons. The second-order valence-corrected chi connectivity index (χ2v) is 6.40. The van der Waals surface area contributed by atoms with E-state index in [-0.39, 0.29) is 12.5 Å². The molecule has 0 saturated heterocycles. The molecular formula is C22H22N2O4. The summed E-state index contributed by atoms with van der Waals surface area (Å²) >= 11 is 0. The molecule has 1 amide bonds. The number of hydrazone groups is 1. The fraction of sp³-hybridized carbons (Fsp3) is 0.227. The average Bonchev–Trinajstić information content (AvgIpc) is 2.69. The summed E-state index contributed by atoms with van der Waals surface area (Å²) in [5, 5.41) is 5.07. The van der Waals surface area contributed by atoms with E-state index in [2.05, 4.69) is 17.5 Å². The van der Waals surface area contributed by atoms with Crippen molar-refractivity contribution in [2.24, 2.45) is 5.10 Å². The van der Waals surface area contributed by atoms with Gasteiger partial charge < -0.3 is 9.15 Å². The molecule has 0 aliphatic rings. The first-order valence-corrected chi connectivity index (χ1v) is 9.15. The molecule has 3 rings (SSSR count). The molecule has 6 heteroatoms. The second kappa shape index (κ2) is 8.99. The maximum absolute atomic E-state index is 12.1. The first-order chi connectivity index (χ1) is 13.6. The highest BCUT2D eigenvalue weighted by atomic mass is 16.5. The third-order valence-corrected chi connectivity index (χ3v) is 4.20. The molecule has 3 aromatic rings. The summed E-state index contributed by atoms with van der Waals surface area (Å²) in [6.45, 7) is 3.70. The molecule has 0 spiro atoms. The van der Waals surface area contributed by atoms with Crippen LogP contribution in [-0.2, 0) is 4.79 Å². The van der Waals surface area contributed by atoms with Crippen molar-refractivity contribution in [3.8, 4) is 5.75 Å². The number of fused-ring (bicyclic) bond motifs is 1. The number of benzene rings is 2. The summed E-state index contributed by atoms with van der Waals surface area (Å²) in [4.78, 5) is 23.6. The van der Waals surface area contributed by atoms with Gasteiger partial charge in [0, 0.05) is 17.5 Å². The zero-order chi connectivity index (χ0) is 19.9. The largest absolute Gasteiger partial charge is 0.484 e. The van der Waals surface area contributed by atoms with E-state index in [4.69, 9.17) is 9.15 Å². The van der Waals surface area contributed by atoms with Gasteiger partial charge >= 0.3 is 5.63 Å². The summed E-state index contributed by atoms with van der Waals surface area (Å²) in [7, 11) is 0. The van der Waals surface area contributed by atoms with Gasteiger partial charge in [-0.3, -0.25) is 4.79 Å². The van der Waals surface area contributed by atoms with Crippen LogP contribution in [0.3, 0.4) is 0 Å². The second-order valence-electron chi connectivity index (χ2n) is 6.40. The van der Waals surface area contributed by atoms with Crippen LogP contribution in [0.4, 0.5) is 0 Å². The van der Waals surface area contributed by atoms with E-state index < -0.39 is 5.63 Å². The van der Waals surface area contributed by atoms with Crippen LogP contribution in [0.2, 0.25) is 0 Å². The van der Waals surface area contributed by atoms with Crippen LogP contribution in [0.15, 0.2) is 68.9 Å². The highest BCUT2D eigenvalue weighted by Crippen LogP contribution is 2.22. The Morgan fingerprint density at radius 3 is 2.68 bits per heavy atom. The maximum Gasteiger partial charge on any atom is 0.336 e. The number of hydrogen-bond acceptors (Lipinski definition) is 5. The number of nitrogens with one attached hydrogen (secondary N) is 1. The van der Waals surface area contributed by atoms with Gasteiger partial charge in [0.2, 0.25) is 0 Å². The van der Waals surface area contributed by atoms with E-state index in [0.29, 0.717) is 11.3 Å². The monoisotopic (exact) mass is 378 g/mol. The Balaban J connectivity index is 1.65. The minimum absolute atomic E-state index is 0.195. The standard InChI is InChI=1S/C22H22N2O4/c1-3-7-19(16-8-5-4-6-9-16)23-24-21(25)14-27-17-10-11-18-15(2)12-22(26)28-20(18)13-17/h4-6,8-13H,3,7,14H2,1-2H3,(H,24,25)/b23-19-. The molecule has 2 aromatic carbocycles. The van der Waals surface area contributed by atoms with E-state index >= 15 is 0 Å². The van der Waals surface area contributed by atoms with Crippen molar-refractivity contribution in [3.63, 3.8) is 0 Å².